The van der Waals surface area contributed by atoms with E-state index in [0.717, 1.165) is 29.8 Å². The third-order valence-corrected chi connectivity index (χ3v) is 7.72. The molecule has 2 aromatic carbocycles. The number of carbonyl (C=O) groups is 2. The lowest BCUT2D eigenvalue weighted by Gasteiger charge is -2.37. The molecule has 0 fully saturated rings. The fraction of sp³-hybridized carbons (Fsp3) is 0.385. The number of rotatable bonds is 7. The molecular formula is C26H32N4O7S. The molecule has 0 unspecified atom stereocenters. The van der Waals surface area contributed by atoms with E-state index in [-0.39, 0.29) is 22.9 Å². The van der Waals surface area contributed by atoms with E-state index in [4.69, 9.17) is 4.74 Å². The molecule has 0 saturated carbocycles. The number of nitrogens with zero attached hydrogens (tertiary/aromatic N) is 1. The van der Waals surface area contributed by atoms with Crippen molar-refractivity contribution in [2.24, 2.45) is 5.92 Å². The summed E-state index contributed by atoms with van der Waals surface area (Å²) in [5.41, 5.74) is -0.854. The normalized spacial score (nSPS) is 23.2. The Morgan fingerprint density at radius 2 is 1.71 bits per heavy atom. The molecule has 4 rings (SSSR count). The second-order valence-electron chi connectivity index (χ2n) is 9.68. The molecular weight excluding hydrogens is 512 g/mol. The number of benzene rings is 2. The Bertz CT molecular complexity index is 1310. The van der Waals surface area contributed by atoms with Crippen LogP contribution in [0.15, 0.2) is 59.6 Å². The van der Waals surface area contributed by atoms with E-state index < -0.39 is 44.4 Å². The fourth-order valence-corrected chi connectivity index (χ4v) is 5.25. The molecule has 0 spiro atoms. The SMILES string of the molecule is CC[C@@]1(C)Oc2ccc(cc2)/C=C\NC(=O)[C@H](CC(C)C)NC(=O)[C@H]1NS(=O)(=O)c1ccc([N+](=O)[O-])cc1. The van der Waals surface area contributed by atoms with Gasteiger partial charge in [0.2, 0.25) is 21.8 Å². The van der Waals surface area contributed by atoms with Crippen molar-refractivity contribution in [1.82, 2.24) is 15.4 Å². The zero-order valence-electron chi connectivity index (χ0n) is 21.6. The monoisotopic (exact) mass is 544 g/mol. The lowest BCUT2D eigenvalue weighted by atomic mass is 9.92. The Morgan fingerprint density at radius 3 is 2.26 bits per heavy atom. The number of sulfonamides is 1. The Morgan fingerprint density at radius 1 is 1.08 bits per heavy atom. The van der Waals surface area contributed by atoms with Gasteiger partial charge in [0.15, 0.2) is 0 Å². The van der Waals surface area contributed by atoms with Gasteiger partial charge in [0.1, 0.15) is 23.4 Å². The van der Waals surface area contributed by atoms with Crippen molar-refractivity contribution in [3.63, 3.8) is 0 Å². The van der Waals surface area contributed by atoms with Crippen LogP contribution in [0.5, 0.6) is 5.75 Å². The highest BCUT2D eigenvalue weighted by Gasteiger charge is 2.44. The second-order valence-corrected chi connectivity index (χ2v) is 11.4. The van der Waals surface area contributed by atoms with Gasteiger partial charge in [0.25, 0.3) is 5.69 Å². The highest BCUT2D eigenvalue weighted by atomic mass is 32.2. The van der Waals surface area contributed by atoms with Gasteiger partial charge in [0, 0.05) is 18.3 Å². The van der Waals surface area contributed by atoms with Gasteiger partial charge in [-0.3, -0.25) is 19.7 Å². The molecule has 38 heavy (non-hydrogen) atoms. The molecule has 0 saturated heterocycles. The molecule has 2 bridgehead atoms. The summed E-state index contributed by atoms with van der Waals surface area (Å²) in [7, 11) is -4.34. The third-order valence-electron chi connectivity index (χ3n) is 6.28. The van der Waals surface area contributed by atoms with Crippen LogP contribution in [0.2, 0.25) is 0 Å². The lowest BCUT2D eigenvalue weighted by Crippen LogP contribution is -2.63. The Balaban J connectivity index is 2.07. The molecule has 3 atom stereocenters. The number of nitro benzene ring substituents is 1. The Labute approximate surface area is 221 Å². The number of amides is 2. The maximum absolute atomic E-state index is 13.7. The van der Waals surface area contributed by atoms with Crippen LogP contribution in [0.4, 0.5) is 5.69 Å². The van der Waals surface area contributed by atoms with Crippen LogP contribution >= 0.6 is 0 Å². The molecule has 2 heterocycles. The summed E-state index contributed by atoms with van der Waals surface area (Å²) < 4.78 is 35.3. The minimum Gasteiger partial charge on any atom is -0.485 e. The standard InChI is InChI=1S/C26H32N4O7S/c1-5-26(4)23(29-38(35,36)21-12-8-19(9-13-21)30(33)34)25(32)28-22(16-17(2)3)24(31)27-15-14-18-6-10-20(37-26)11-7-18/h6-15,17,22-23,29H,5,16H2,1-4H3,(H,27,31)(H,28,32)/b15-14-/t22-,23+,26+/m0/s1. The van der Waals surface area contributed by atoms with Gasteiger partial charge in [-0.2, -0.15) is 4.72 Å². The summed E-state index contributed by atoms with van der Waals surface area (Å²) >= 11 is 0. The predicted molar refractivity (Wildman–Crippen MR) is 142 cm³/mol. The van der Waals surface area contributed by atoms with Gasteiger partial charge < -0.3 is 15.4 Å². The highest BCUT2D eigenvalue weighted by molar-refractivity contribution is 7.89. The zero-order valence-corrected chi connectivity index (χ0v) is 22.4. The first kappa shape index (κ1) is 28.8. The van der Waals surface area contributed by atoms with Crippen molar-refractivity contribution in [2.75, 3.05) is 0 Å². The maximum Gasteiger partial charge on any atom is 0.269 e. The summed E-state index contributed by atoms with van der Waals surface area (Å²) in [6.07, 6.45) is 3.72. The average Bonchev–Trinajstić information content (AvgIpc) is 2.87. The molecule has 2 aromatic rings. The van der Waals surface area contributed by atoms with Gasteiger partial charge in [0.05, 0.1) is 9.82 Å². The van der Waals surface area contributed by atoms with Crippen molar-refractivity contribution < 1.29 is 27.7 Å². The molecule has 0 aromatic heterocycles. The quantitative estimate of drug-likeness (QED) is 0.357. The number of nitrogens with one attached hydrogen (secondary N) is 3. The van der Waals surface area contributed by atoms with Crippen LogP contribution in [0.25, 0.3) is 6.08 Å². The van der Waals surface area contributed by atoms with Crippen molar-refractivity contribution in [1.29, 1.82) is 0 Å². The smallest absolute Gasteiger partial charge is 0.269 e. The molecule has 0 aliphatic carbocycles. The van der Waals surface area contributed by atoms with Gasteiger partial charge in [-0.25, -0.2) is 8.42 Å². The van der Waals surface area contributed by atoms with E-state index in [9.17, 15) is 28.1 Å². The maximum atomic E-state index is 13.7. The van der Waals surface area contributed by atoms with Crippen molar-refractivity contribution >= 4 is 33.6 Å². The fourth-order valence-electron chi connectivity index (χ4n) is 3.96. The van der Waals surface area contributed by atoms with Crippen molar-refractivity contribution in [2.45, 2.75) is 63.1 Å². The first-order valence-electron chi connectivity index (χ1n) is 12.2. The van der Waals surface area contributed by atoms with Crippen LogP contribution in [0.1, 0.15) is 46.1 Å². The van der Waals surface area contributed by atoms with Crippen LogP contribution in [-0.2, 0) is 19.6 Å². The first-order valence-corrected chi connectivity index (χ1v) is 13.7. The average molecular weight is 545 g/mol. The van der Waals surface area contributed by atoms with Crippen LogP contribution in [0.3, 0.4) is 0 Å². The Hall–Kier alpha value is -3.77. The molecule has 204 valence electrons. The minimum absolute atomic E-state index is 0.0461. The number of fused-ring (bicyclic) bond motifs is 10. The number of nitro groups is 1. The van der Waals surface area contributed by atoms with Crippen LogP contribution < -0.4 is 20.1 Å². The molecule has 2 aliphatic heterocycles. The topological polar surface area (TPSA) is 157 Å². The molecule has 2 aliphatic rings. The summed E-state index contributed by atoms with van der Waals surface area (Å²) in [5, 5.41) is 16.4. The summed E-state index contributed by atoms with van der Waals surface area (Å²) in [6, 6.07) is 8.80. The molecule has 2 amide bonds. The van der Waals surface area contributed by atoms with Crippen molar-refractivity contribution in [3.8, 4) is 5.75 Å². The van der Waals surface area contributed by atoms with E-state index in [1.807, 2.05) is 13.8 Å². The number of hydrogen-bond acceptors (Lipinski definition) is 7. The number of hydrogen-bond donors (Lipinski definition) is 3. The Kier molecular flexibility index (Phi) is 8.89. The molecule has 3 N–H and O–H groups in total. The number of carbonyl (C=O) groups excluding carboxylic acids is 2. The number of non-ortho nitro benzene ring substituents is 1. The lowest BCUT2D eigenvalue weighted by molar-refractivity contribution is -0.384. The van der Waals surface area contributed by atoms with Gasteiger partial charge in [-0.15, -0.1) is 0 Å². The first-order chi connectivity index (χ1) is 17.8. The van der Waals surface area contributed by atoms with E-state index >= 15 is 0 Å². The largest absolute Gasteiger partial charge is 0.485 e. The van der Waals surface area contributed by atoms with Gasteiger partial charge in [-0.1, -0.05) is 32.9 Å². The zero-order chi connectivity index (χ0) is 28.1. The summed E-state index contributed by atoms with van der Waals surface area (Å²) in [5.74, 6) is -0.741. The minimum atomic E-state index is -4.34. The predicted octanol–water partition coefficient (Wildman–Crippen LogP) is 3.12. The van der Waals surface area contributed by atoms with Crippen LogP contribution in [-0.4, -0.2) is 42.8 Å². The van der Waals surface area contributed by atoms with E-state index in [1.165, 1.54) is 6.20 Å². The molecule has 11 nitrogen and oxygen atoms in total. The van der Waals surface area contributed by atoms with E-state index in [1.54, 1.807) is 44.2 Å². The molecule has 12 heteroatoms. The molecule has 0 radical (unpaired) electrons. The second kappa shape index (κ2) is 11.7. The van der Waals surface area contributed by atoms with Gasteiger partial charge >= 0.3 is 0 Å². The van der Waals surface area contributed by atoms with Crippen molar-refractivity contribution in [3.05, 3.63) is 70.4 Å². The van der Waals surface area contributed by atoms with E-state index in [2.05, 4.69) is 15.4 Å². The van der Waals surface area contributed by atoms with E-state index in [0.29, 0.717) is 12.2 Å². The third kappa shape index (κ3) is 6.95. The summed E-state index contributed by atoms with van der Waals surface area (Å²) in [6.45, 7) is 7.15. The summed E-state index contributed by atoms with van der Waals surface area (Å²) in [4.78, 5) is 36.7. The van der Waals surface area contributed by atoms with Crippen LogP contribution in [0, 0.1) is 16.0 Å². The van der Waals surface area contributed by atoms with Gasteiger partial charge in [-0.05, 0) is 61.6 Å². The highest BCUT2D eigenvalue weighted by Crippen LogP contribution is 2.27. The number of ether oxygens (including phenoxy) is 1.